The lowest BCUT2D eigenvalue weighted by Gasteiger charge is -2.40. The Morgan fingerprint density at radius 3 is 2.05 bits per heavy atom. The molecule has 0 aliphatic heterocycles. The number of hydrogen-bond donors (Lipinski definition) is 0. The summed E-state index contributed by atoms with van der Waals surface area (Å²) in [5, 5.41) is 0. The van der Waals surface area contributed by atoms with Crippen LogP contribution in [0.4, 0.5) is 0 Å². The van der Waals surface area contributed by atoms with Crippen LogP contribution in [0.2, 0.25) is 0 Å². The summed E-state index contributed by atoms with van der Waals surface area (Å²) < 4.78 is 10.1. The second kappa shape index (κ2) is 5.55. The van der Waals surface area contributed by atoms with Crippen LogP contribution in [0.15, 0.2) is 24.3 Å². The van der Waals surface area contributed by atoms with Gasteiger partial charge in [0, 0.05) is 12.8 Å². The largest absolute Gasteiger partial charge is 0.465 e. The van der Waals surface area contributed by atoms with E-state index in [-0.39, 0.29) is 18.6 Å². The minimum Gasteiger partial charge on any atom is -0.465 e. The summed E-state index contributed by atoms with van der Waals surface area (Å²) in [4.78, 5) is 35.5. The van der Waals surface area contributed by atoms with E-state index in [0.29, 0.717) is 11.1 Å². The van der Waals surface area contributed by atoms with E-state index in [1.807, 2.05) is 0 Å². The van der Waals surface area contributed by atoms with Crippen LogP contribution in [-0.2, 0) is 24.5 Å². The molecule has 1 aromatic carbocycles. The van der Waals surface area contributed by atoms with Crippen molar-refractivity contribution in [2.45, 2.75) is 44.6 Å². The van der Waals surface area contributed by atoms with Crippen molar-refractivity contribution in [2.24, 2.45) is 0 Å². The molecule has 0 radical (unpaired) electrons. The first-order chi connectivity index (χ1) is 10.2. The zero-order valence-electron chi connectivity index (χ0n) is 13.3. The van der Waals surface area contributed by atoms with Crippen LogP contribution in [0, 0.1) is 0 Å². The van der Waals surface area contributed by atoms with Crippen LogP contribution in [0.1, 0.15) is 49.5 Å². The van der Waals surface area contributed by atoms with Crippen molar-refractivity contribution < 1.29 is 23.9 Å². The predicted octanol–water partition coefficient (Wildman–Crippen LogP) is 2.42. The Kier molecular flexibility index (Phi) is 4.09. The molecule has 5 heteroatoms. The number of hydrogen-bond acceptors (Lipinski definition) is 5. The fourth-order valence-electron chi connectivity index (χ4n) is 2.51. The molecule has 0 amide bonds. The molecule has 118 valence electrons. The zero-order chi connectivity index (χ0) is 16.5. The summed E-state index contributed by atoms with van der Waals surface area (Å²) in [7, 11) is 1.31. The maximum atomic E-state index is 12.5. The number of methoxy groups -OCH3 is 1. The molecule has 0 aromatic heterocycles. The monoisotopic (exact) mass is 304 g/mol. The van der Waals surface area contributed by atoms with E-state index in [1.54, 1.807) is 45.0 Å². The third-order valence-electron chi connectivity index (χ3n) is 3.65. The molecule has 0 saturated heterocycles. The van der Waals surface area contributed by atoms with Crippen molar-refractivity contribution >= 4 is 17.7 Å². The molecule has 1 fully saturated rings. The number of ketones is 1. The quantitative estimate of drug-likeness (QED) is 0.802. The van der Waals surface area contributed by atoms with Gasteiger partial charge < -0.3 is 9.47 Å². The van der Waals surface area contributed by atoms with E-state index < -0.39 is 23.0 Å². The summed E-state index contributed by atoms with van der Waals surface area (Å²) in [5.41, 5.74) is -0.460. The van der Waals surface area contributed by atoms with Crippen molar-refractivity contribution in [3.63, 3.8) is 0 Å². The average molecular weight is 304 g/mol. The maximum Gasteiger partial charge on any atom is 0.337 e. The van der Waals surface area contributed by atoms with Gasteiger partial charge in [0.2, 0.25) is 0 Å². The molecule has 1 aromatic rings. The summed E-state index contributed by atoms with van der Waals surface area (Å²) in [6.45, 7) is 5.37. The van der Waals surface area contributed by atoms with E-state index in [9.17, 15) is 14.4 Å². The first-order valence-electron chi connectivity index (χ1n) is 7.12. The second-order valence-corrected chi connectivity index (χ2v) is 6.55. The van der Waals surface area contributed by atoms with Gasteiger partial charge in [-0.25, -0.2) is 4.79 Å². The molecule has 0 unspecified atom stereocenters. The zero-order valence-corrected chi connectivity index (χ0v) is 13.3. The first kappa shape index (κ1) is 16.2. The number of carbonyl (C=O) groups is 3. The summed E-state index contributed by atoms with van der Waals surface area (Å²) in [6.07, 6.45) is 0.277. The van der Waals surface area contributed by atoms with E-state index in [2.05, 4.69) is 4.74 Å². The molecular formula is C17H20O5. The molecule has 0 bridgehead atoms. The minimum absolute atomic E-state index is 0.0305. The van der Waals surface area contributed by atoms with Crippen LogP contribution in [0.25, 0.3) is 0 Å². The van der Waals surface area contributed by atoms with Gasteiger partial charge in [-0.15, -0.1) is 0 Å². The van der Waals surface area contributed by atoms with Crippen LogP contribution in [-0.4, -0.2) is 30.4 Å². The molecule has 1 aliphatic carbocycles. The molecule has 5 nitrogen and oxygen atoms in total. The molecular weight excluding hydrogens is 284 g/mol. The van der Waals surface area contributed by atoms with E-state index >= 15 is 0 Å². The van der Waals surface area contributed by atoms with Crippen LogP contribution in [0.3, 0.4) is 0 Å². The number of benzene rings is 1. The van der Waals surface area contributed by atoms with Crippen molar-refractivity contribution in [1.82, 2.24) is 0 Å². The predicted molar refractivity (Wildman–Crippen MR) is 79.5 cm³/mol. The Bertz CT molecular complexity index is 599. The maximum absolute atomic E-state index is 12.5. The van der Waals surface area contributed by atoms with Gasteiger partial charge in [-0.3, -0.25) is 9.59 Å². The van der Waals surface area contributed by atoms with E-state index in [0.717, 1.165) is 0 Å². The topological polar surface area (TPSA) is 69.7 Å². The van der Waals surface area contributed by atoms with Crippen LogP contribution in [0.5, 0.6) is 0 Å². The van der Waals surface area contributed by atoms with Crippen molar-refractivity contribution in [3.05, 3.63) is 35.4 Å². The lowest BCUT2D eigenvalue weighted by atomic mass is 9.63. The molecule has 1 aliphatic rings. The van der Waals surface area contributed by atoms with Crippen molar-refractivity contribution in [2.75, 3.05) is 7.11 Å². The molecule has 0 N–H and O–H groups in total. The van der Waals surface area contributed by atoms with Crippen molar-refractivity contribution in [1.29, 1.82) is 0 Å². The van der Waals surface area contributed by atoms with Gasteiger partial charge in [-0.2, -0.15) is 0 Å². The van der Waals surface area contributed by atoms with Gasteiger partial charge in [0.1, 0.15) is 16.8 Å². The fourth-order valence-corrected chi connectivity index (χ4v) is 2.51. The van der Waals surface area contributed by atoms with Gasteiger partial charge in [0.05, 0.1) is 12.7 Å². The van der Waals surface area contributed by atoms with Gasteiger partial charge >= 0.3 is 11.9 Å². The Hall–Kier alpha value is -2.17. The number of Topliss-reactive ketones (excluding diaryl/α,β-unsaturated/α-hetero) is 1. The van der Waals surface area contributed by atoms with Gasteiger partial charge in [0.15, 0.2) is 0 Å². The molecule has 0 spiro atoms. The molecule has 22 heavy (non-hydrogen) atoms. The van der Waals surface area contributed by atoms with Gasteiger partial charge in [-0.05, 0) is 38.5 Å². The lowest BCUT2D eigenvalue weighted by molar-refractivity contribution is -0.169. The standard InChI is InChI=1S/C17H20O5/c1-16(2,3)22-15(20)17(9-13(18)10-17)12-7-5-11(6-8-12)14(19)21-4/h5-8H,9-10H2,1-4H3. The number of esters is 2. The minimum atomic E-state index is -0.932. The third kappa shape index (κ3) is 3.03. The number of ether oxygens (including phenoxy) is 2. The molecule has 0 heterocycles. The van der Waals surface area contributed by atoms with E-state index in [1.165, 1.54) is 7.11 Å². The highest BCUT2D eigenvalue weighted by atomic mass is 16.6. The highest BCUT2D eigenvalue weighted by Crippen LogP contribution is 2.43. The van der Waals surface area contributed by atoms with E-state index in [4.69, 9.17) is 4.74 Å². The highest BCUT2D eigenvalue weighted by Gasteiger charge is 2.53. The molecule has 1 saturated carbocycles. The Morgan fingerprint density at radius 1 is 1.09 bits per heavy atom. The second-order valence-electron chi connectivity index (χ2n) is 6.55. The molecule has 2 rings (SSSR count). The van der Waals surface area contributed by atoms with Gasteiger partial charge in [0.25, 0.3) is 0 Å². The highest BCUT2D eigenvalue weighted by molar-refractivity contribution is 6.02. The van der Waals surface area contributed by atoms with Crippen molar-refractivity contribution in [3.8, 4) is 0 Å². The smallest absolute Gasteiger partial charge is 0.337 e. The lowest BCUT2D eigenvalue weighted by Crippen LogP contribution is -2.51. The Morgan fingerprint density at radius 2 is 1.64 bits per heavy atom. The number of carbonyl (C=O) groups excluding carboxylic acids is 3. The Balaban J connectivity index is 2.30. The summed E-state index contributed by atoms with van der Waals surface area (Å²) >= 11 is 0. The van der Waals surface area contributed by atoms with Crippen LogP contribution >= 0.6 is 0 Å². The SMILES string of the molecule is COC(=O)c1ccc(C2(C(=O)OC(C)(C)C)CC(=O)C2)cc1. The normalized spacial score (nSPS) is 16.6. The molecule has 0 atom stereocenters. The average Bonchev–Trinajstić information content (AvgIpc) is 2.41. The summed E-state index contributed by atoms with van der Waals surface area (Å²) in [6, 6.07) is 6.55. The Labute approximate surface area is 129 Å². The number of rotatable bonds is 3. The summed E-state index contributed by atoms with van der Waals surface area (Å²) in [5.74, 6) is -0.809. The third-order valence-corrected chi connectivity index (χ3v) is 3.65. The van der Waals surface area contributed by atoms with Crippen LogP contribution < -0.4 is 0 Å². The van der Waals surface area contributed by atoms with Gasteiger partial charge in [-0.1, -0.05) is 12.1 Å². The first-order valence-corrected chi connectivity index (χ1v) is 7.12. The fraction of sp³-hybridized carbons (Fsp3) is 0.471.